The lowest BCUT2D eigenvalue weighted by molar-refractivity contribution is -0.118. The van der Waals surface area contributed by atoms with Gasteiger partial charge in [-0.3, -0.25) is 14.2 Å². The van der Waals surface area contributed by atoms with Crippen LogP contribution in [0.2, 0.25) is 0 Å². The second-order valence-electron chi connectivity index (χ2n) is 6.96. The number of nitrogens with one attached hydrogen (secondary N) is 1. The number of amides is 1. The van der Waals surface area contributed by atoms with Gasteiger partial charge in [-0.1, -0.05) is 31.7 Å². The molecule has 1 aliphatic rings. The standard InChI is InChI=1S/C19H25N3O2S2/c1-4-10-22-18(24)16-13-6-5-7-14(13)26-17(16)21-19(22)25-11-15(23)20-9-8-12(2)3/h4,12H,1,5-11H2,2-3H3,(H,20,23). The van der Waals surface area contributed by atoms with E-state index in [0.717, 1.165) is 35.9 Å². The molecule has 5 nitrogen and oxygen atoms in total. The van der Waals surface area contributed by atoms with Crippen molar-refractivity contribution in [2.24, 2.45) is 5.92 Å². The number of nitrogens with zero attached hydrogens (tertiary/aromatic N) is 2. The number of thiophene rings is 1. The predicted molar refractivity (Wildman–Crippen MR) is 109 cm³/mol. The van der Waals surface area contributed by atoms with Gasteiger partial charge in [-0.25, -0.2) is 4.98 Å². The predicted octanol–water partition coefficient (Wildman–Crippen LogP) is 3.39. The molecule has 0 saturated heterocycles. The average molecular weight is 392 g/mol. The first-order valence-corrected chi connectivity index (χ1v) is 10.9. The van der Waals surface area contributed by atoms with Gasteiger partial charge in [0.1, 0.15) is 4.83 Å². The zero-order valence-electron chi connectivity index (χ0n) is 15.3. The van der Waals surface area contributed by atoms with Gasteiger partial charge in [0.15, 0.2) is 5.16 Å². The van der Waals surface area contributed by atoms with Crippen LogP contribution in [0.1, 0.15) is 37.1 Å². The van der Waals surface area contributed by atoms with E-state index in [4.69, 9.17) is 4.98 Å². The second-order valence-corrected chi connectivity index (χ2v) is 8.98. The monoisotopic (exact) mass is 391 g/mol. The van der Waals surface area contributed by atoms with Crippen molar-refractivity contribution in [3.8, 4) is 0 Å². The first-order chi connectivity index (χ1) is 12.5. The van der Waals surface area contributed by atoms with Crippen molar-refractivity contribution in [1.82, 2.24) is 14.9 Å². The molecule has 26 heavy (non-hydrogen) atoms. The van der Waals surface area contributed by atoms with E-state index in [2.05, 4.69) is 25.7 Å². The van der Waals surface area contributed by atoms with Crippen LogP contribution < -0.4 is 10.9 Å². The third-order valence-corrected chi connectivity index (χ3v) is 6.64. The fourth-order valence-electron chi connectivity index (χ4n) is 3.14. The lowest BCUT2D eigenvalue weighted by Gasteiger charge is -2.11. The van der Waals surface area contributed by atoms with E-state index in [1.807, 2.05) is 0 Å². The van der Waals surface area contributed by atoms with Crippen molar-refractivity contribution < 1.29 is 4.79 Å². The Hall–Kier alpha value is -1.60. The highest BCUT2D eigenvalue weighted by molar-refractivity contribution is 7.99. The van der Waals surface area contributed by atoms with Crippen molar-refractivity contribution in [2.75, 3.05) is 12.3 Å². The first-order valence-electron chi connectivity index (χ1n) is 9.06. The second kappa shape index (κ2) is 8.39. The fourth-order valence-corrected chi connectivity index (χ4v) is 5.28. The molecule has 0 aliphatic heterocycles. The van der Waals surface area contributed by atoms with Crippen LogP contribution in [0.4, 0.5) is 0 Å². The Morgan fingerprint density at radius 2 is 2.27 bits per heavy atom. The van der Waals surface area contributed by atoms with Gasteiger partial charge in [0.25, 0.3) is 5.56 Å². The highest BCUT2D eigenvalue weighted by Crippen LogP contribution is 2.35. The molecule has 0 spiro atoms. The lowest BCUT2D eigenvalue weighted by atomic mass is 10.1. The van der Waals surface area contributed by atoms with Crippen LogP contribution in [0, 0.1) is 5.92 Å². The van der Waals surface area contributed by atoms with Gasteiger partial charge in [-0.2, -0.15) is 0 Å². The maximum Gasteiger partial charge on any atom is 0.263 e. The van der Waals surface area contributed by atoms with Gasteiger partial charge in [-0.05, 0) is 37.2 Å². The average Bonchev–Trinajstić information content (AvgIpc) is 3.16. The molecule has 1 amide bonds. The number of allylic oxidation sites excluding steroid dienone is 1. The Bertz CT molecular complexity index is 883. The molecule has 0 fully saturated rings. The van der Waals surface area contributed by atoms with Crippen molar-refractivity contribution in [3.05, 3.63) is 33.4 Å². The van der Waals surface area contributed by atoms with Gasteiger partial charge in [0.2, 0.25) is 5.91 Å². The summed E-state index contributed by atoms with van der Waals surface area (Å²) in [6.07, 6.45) is 5.78. The van der Waals surface area contributed by atoms with Crippen LogP contribution in [0.15, 0.2) is 22.6 Å². The summed E-state index contributed by atoms with van der Waals surface area (Å²) in [5.41, 5.74) is 1.18. The molecule has 0 bridgehead atoms. The van der Waals surface area contributed by atoms with E-state index >= 15 is 0 Å². The van der Waals surface area contributed by atoms with E-state index in [9.17, 15) is 9.59 Å². The molecule has 3 rings (SSSR count). The molecule has 1 N–H and O–H groups in total. The first kappa shape index (κ1) is 19.2. The molecule has 2 aromatic rings. The Balaban J connectivity index is 1.81. The number of aryl methyl sites for hydroxylation is 2. The molecule has 7 heteroatoms. The van der Waals surface area contributed by atoms with Gasteiger partial charge >= 0.3 is 0 Å². The molecule has 2 aromatic heterocycles. The SMILES string of the molecule is C=CCn1c(SCC(=O)NCCC(C)C)nc2sc3c(c2c1=O)CCC3. The normalized spacial score (nSPS) is 13.3. The summed E-state index contributed by atoms with van der Waals surface area (Å²) in [7, 11) is 0. The summed E-state index contributed by atoms with van der Waals surface area (Å²) >= 11 is 2.95. The summed E-state index contributed by atoms with van der Waals surface area (Å²) in [4.78, 5) is 31.9. The van der Waals surface area contributed by atoms with E-state index < -0.39 is 0 Å². The molecule has 1 aliphatic carbocycles. The number of thioether (sulfide) groups is 1. The number of carbonyl (C=O) groups is 1. The quantitative estimate of drug-likeness (QED) is 0.426. The summed E-state index contributed by atoms with van der Waals surface area (Å²) in [6.45, 7) is 9.11. The Morgan fingerprint density at radius 3 is 3.00 bits per heavy atom. The molecule has 0 radical (unpaired) electrons. The molecule has 0 aromatic carbocycles. The summed E-state index contributed by atoms with van der Waals surface area (Å²) in [5, 5.41) is 4.30. The van der Waals surface area contributed by atoms with Crippen molar-refractivity contribution >= 4 is 39.2 Å². The third-order valence-electron chi connectivity index (χ3n) is 4.48. The highest BCUT2D eigenvalue weighted by atomic mass is 32.2. The van der Waals surface area contributed by atoms with Gasteiger partial charge in [0.05, 0.1) is 11.1 Å². The minimum absolute atomic E-state index is 0.00276. The zero-order valence-corrected chi connectivity index (χ0v) is 17.0. The molecule has 0 saturated carbocycles. The number of aromatic nitrogens is 2. The zero-order chi connectivity index (χ0) is 18.7. The molecular formula is C19H25N3O2S2. The van der Waals surface area contributed by atoms with E-state index in [1.54, 1.807) is 22.0 Å². The number of fused-ring (bicyclic) bond motifs is 3. The van der Waals surface area contributed by atoms with Crippen molar-refractivity contribution in [3.63, 3.8) is 0 Å². The summed E-state index contributed by atoms with van der Waals surface area (Å²) < 4.78 is 1.65. The maximum absolute atomic E-state index is 13.0. The van der Waals surface area contributed by atoms with Gasteiger partial charge in [0, 0.05) is 18.0 Å². The molecular weight excluding hydrogens is 366 g/mol. The molecule has 2 heterocycles. The number of hydrogen-bond acceptors (Lipinski definition) is 5. The lowest BCUT2D eigenvalue weighted by Crippen LogP contribution is -2.28. The van der Waals surface area contributed by atoms with Crippen molar-refractivity contribution in [2.45, 2.75) is 51.2 Å². The Kier molecular flexibility index (Phi) is 6.19. The van der Waals surface area contributed by atoms with E-state index in [-0.39, 0.29) is 17.2 Å². The number of hydrogen-bond donors (Lipinski definition) is 1. The van der Waals surface area contributed by atoms with Crippen LogP contribution in [0.3, 0.4) is 0 Å². The molecule has 0 atom stereocenters. The topological polar surface area (TPSA) is 64.0 Å². The van der Waals surface area contributed by atoms with Crippen molar-refractivity contribution in [1.29, 1.82) is 0 Å². The third kappa shape index (κ3) is 4.04. The molecule has 140 valence electrons. The van der Waals surface area contributed by atoms with Crippen LogP contribution >= 0.6 is 23.1 Å². The summed E-state index contributed by atoms with van der Waals surface area (Å²) in [6, 6.07) is 0. The van der Waals surface area contributed by atoms with Crippen LogP contribution in [-0.4, -0.2) is 27.8 Å². The largest absolute Gasteiger partial charge is 0.355 e. The highest BCUT2D eigenvalue weighted by Gasteiger charge is 2.23. The maximum atomic E-state index is 13.0. The van der Waals surface area contributed by atoms with E-state index in [1.165, 1.54) is 22.2 Å². The smallest absolute Gasteiger partial charge is 0.263 e. The Morgan fingerprint density at radius 1 is 1.46 bits per heavy atom. The summed E-state index contributed by atoms with van der Waals surface area (Å²) in [5.74, 6) is 0.799. The van der Waals surface area contributed by atoms with Crippen LogP contribution in [0.5, 0.6) is 0 Å². The molecule has 0 unspecified atom stereocenters. The minimum Gasteiger partial charge on any atom is -0.355 e. The minimum atomic E-state index is -0.0242. The van der Waals surface area contributed by atoms with Crippen LogP contribution in [-0.2, 0) is 24.2 Å². The van der Waals surface area contributed by atoms with Crippen LogP contribution in [0.25, 0.3) is 10.2 Å². The van der Waals surface area contributed by atoms with E-state index in [0.29, 0.717) is 24.2 Å². The number of rotatable bonds is 8. The fraction of sp³-hybridized carbons (Fsp3) is 0.526. The van der Waals surface area contributed by atoms with Gasteiger partial charge < -0.3 is 5.32 Å². The number of carbonyl (C=O) groups excluding carboxylic acids is 1. The Labute approximate surface area is 161 Å². The van der Waals surface area contributed by atoms with Gasteiger partial charge in [-0.15, -0.1) is 17.9 Å².